The number of hydrogen-bond acceptors (Lipinski definition) is 2. The Labute approximate surface area is 118 Å². The summed E-state index contributed by atoms with van der Waals surface area (Å²) in [6.07, 6.45) is 1.34. The lowest BCUT2D eigenvalue weighted by molar-refractivity contribution is 0.0847. The van der Waals surface area contributed by atoms with Crippen molar-refractivity contribution in [1.82, 2.24) is 4.90 Å². The molecule has 0 amide bonds. The molecule has 1 saturated heterocycles. The maximum Gasteiger partial charge on any atom is 0.0496 e. The van der Waals surface area contributed by atoms with Crippen LogP contribution in [0, 0.1) is 18.8 Å². The molecule has 4 atom stereocenters. The molecular formula is C17H28N2. The van der Waals surface area contributed by atoms with E-state index < -0.39 is 0 Å². The van der Waals surface area contributed by atoms with E-state index in [1.807, 2.05) is 0 Å². The van der Waals surface area contributed by atoms with Gasteiger partial charge in [0.2, 0.25) is 0 Å². The van der Waals surface area contributed by atoms with Gasteiger partial charge >= 0.3 is 0 Å². The molecule has 2 nitrogen and oxygen atoms in total. The van der Waals surface area contributed by atoms with Crippen LogP contribution < -0.4 is 5.73 Å². The van der Waals surface area contributed by atoms with Crippen molar-refractivity contribution < 1.29 is 0 Å². The molecular weight excluding hydrogens is 232 g/mol. The molecule has 0 aromatic heterocycles. The zero-order chi connectivity index (χ0) is 14.0. The van der Waals surface area contributed by atoms with Crippen LogP contribution in [0.1, 0.15) is 44.4 Å². The lowest BCUT2D eigenvalue weighted by Gasteiger charge is -2.42. The van der Waals surface area contributed by atoms with E-state index in [1.54, 1.807) is 0 Å². The Morgan fingerprint density at radius 3 is 2.11 bits per heavy atom. The first kappa shape index (κ1) is 14.5. The molecule has 0 spiro atoms. The first-order valence-electron chi connectivity index (χ1n) is 7.53. The van der Waals surface area contributed by atoms with Gasteiger partial charge in [-0.2, -0.15) is 0 Å². The van der Waals surface area contributed by atoms with Crippen molar-refractivity contribution in [3.63, 3.8) is 0 Å². The number of piperidine rings is 1. The van der Waals surface area contributed by atoms with Gasteiger partial charge in [-0.15, -0.1) is 0 Å². The monoisotopic (exact) mass is 260 g/mol. The number of rotatable bonds is 3. The van der Waals surface area contributed by atoms with E-state index in [0.717, 1.165) is 11.8 Å². The van der Waals surface area contributed by atoms with Crippen molar-refractivity contribution in [2.45, 2.75) is 46.2 Å². The highest BCUT2D eigenvalue weighted by molar-refractivity contribution is 5.25. The summed E-state index contributed by atoms with van der Waals surface area (Å²) < 4.78 is 0. The minimum Gasteiger partial charge on any atom is -0.326 e. The van der Waals surface area contributed by atoms with Gasteiger partial charge in [0.1, 0.15) is 0 Å². The van der Waals surface area contributed by atoms with Gasteiger partial charge in [-0.1, -0.05) is 43.7 Å². The highest BCUT2D eigenvalue weighted by Crippen LogP contribution is 2.31. The number of nitrogens with zero attached hydrogens (tertiary/aromatic N) is 1. The van der Waals surface area contributed by atoms with Crippen molar-refractivity contribution in [3.05, 3.63) is 35.4 Å². The third-order valence-corrected chi connectivity index (χ3v) is 4.21. The fourth-order valence-corrected chi connectivity index (χ4v) is 3.55. The third-order valence-electron chi connectivity index (χ3n) is 4.21. The second-order valence-corrected chi connectivity index (χ2v) is 6.61. The van der Waals surface area contributed by atoms with Gasteiger partial charge in [-0.25, -0.2) is 0 Å². The van der Waals surface area contributed by atoms with Crippen molar-refractivity contribution >= 4 is 0 Å². The third kappa shape index (κ3) is 3.58. The van der Waals surface area contributed by atoms with E-state index >= 15 is 0 Å². The van der Waals surface area contributed by atoms with Crippen LogP contribution in [0.2, 0.25) is 0 Å². The van der Waals surface area contributed by atoms with Crippen molar-refractivity contribution in [3.8, 4) is 0 Å². The van der Waals surface area contributed by atoms with Crippen LogP contribution in [0.5, 0.6) is 0 Å². The van der Waals surface area contributed by atoms with Crippen molar-refractivity contribution in [2.24, 2.45) is 17.6 Å². The van der Waals surface area contributed by atoms with Crippen LogP contribution in [0.15, 0.2) is 24.3 Å². The summed E-state index contributed by atoms with van der Waals surface area (Å²) in [5, 5.41) is 0. The summed E-state index contributed by atoms with van der Waals surface area (Å²) in [6.45, 7) is 11.3. The van der Waals surface area contributed by atoms with E-state index in [9.17, 15) is 0 Å². The summed E-state index contributed by atoms with van der Waals surface area (Å²) in [7, 11) is 0. The number of likely N-dealkylation sites (tertiary alicyclic amines) is 1. The number of hydrogen-bond donors (Lipinski definition) is 1. The van der Waals surface area contributed by atoms with E-state index in [2.05, 4.69) is 56.9 Å². The molecule has 0 radical (unpaired) electrons. The summed E-state index contributed by atoms with van der Waals surface area (Å²) in [6, 6.07) is 9.40. The van der Waals surface area contributed by atoms with Gasteiger partial charge in [0.25, 0.3) is 0 Å². The van der Waals surface area contributed by atoms with Crippen LogP contribution in [-0.4, -0.2) is 24.0 Å². The largest absolute Gasteiger partial charge is 0.326 e. The zero-order valence-electron chi connectivity index (χ0n) is 12.8. The topological polar surface area (TPSA) is 29.3 Å². The predicted octanol–water partition coefficient (Wildman–Crippen LogP) is 3.36. The van der Waals surface area contributed by atoms with Crippen LogP contribution in [0.25, 0.3) is 0 Å². The number of nitrogens with two attached hydrogens (primary N) is 1. The molecule has 4 unspecified atom stereocenters. The molecule has 0 aliphatic carbocycles. The minimum absolute atomic E-state index is 0.167. The van der Waals surface area contributed by atoms with E-state index in [0.29, 0.717) is 6.04 Å². The molecule has 1 aromatic rings. The first-order valence-corrected chi connectivity index (χ1v) is 7.53. The van der Waals surface area contributed by atoms with Gasteiger partial charge in [0.15, 0.2) is 0 Å². The molecule has 2 rings (SSSR count). The molecule has 2 N–H and O–H groups in total. The molecule has 0 saturated carbocycles. The number of benzene rings is 1. The Bertz CT molecular complexity index is 386. The Balaban J connectivity index is 2.22. The predicted molar refractivity (Wildman–Crippen MR) is 82.1 cm³/mol. The lowest BCUT2D eigenvalue weighted by atomic mass is 9.88. The normalized spacial score (nSPS) is 28.1. The van der Waals surface area contributed by atoms with Gasteiger partial charge in [0.05, 0.1) is 0 Å². The van der Waals surface area contributed by atoms with E-state index in [-0.39, 0.29) is 6.04 Å². The van der Waals surface area contributed by atoms with Crippen molar-refractivity contribution in [1.29, 1.82) is 0 Å². The van der Waals surface area contributed by atoms with Crippen LogP contribution >= 0.6 is 0 Å². The molecule has 1 heterocycles. The van der Waals surface area contributed by atoms with Gasteiger partial charge < -0.3 is 5.73 Å². The maximum atomic E-state index is 6.29. The van der Waals surface area contributed by atoms with Gasteiger partial charge in [-0.3, -0.25) is 4.90 Å². The zero-order valence-corrected chi connectivity index (χ0v) is 12.8. The molecule has 106 valence electrons. The highest BCUT2D eigenvalue weighted by Gasteiger charge is 2.30. The molecule has 19 heavy (non-hydrogen) atoms. The fourth-order valence-electron chi connectivity index (χ4n) is 3.55. The SMILES string of the molecule is Cc1ccc(C(C(C)N)N2CC(C)CC(C)C2)cc1. The van der Waals surface area contributed by atoms with E-state index in [4.69, 9.17) is 5.73 Å². The molecule has 1 fully saturated rings. The molecule has 1 aromatic carbocycles. The smallest absolute Gasteiger partial charge is 0.0496 e. The average molecular weight is 260 g/mol. The molecule has 1 aliphatic heterocycles. The minimum atomic E-state index is 0.167. The fraction of sp³-hybridized carbons (Fsp3) is 0.647. The Kier molecular flexibility index (Phi) is 4.64. The van der Waals surface area contributed by atoms with Crippen LogP contribution in [0.4, 0.5) is 0 Å². The lowest BCUT2D eigenvalue weighted by Crippen LogP contribution is -2.46. The molecule has 2 heteroatoms. The molecule has 1 aliphatic rings. The second-order valence-electron chi connectivity index (χ2n) is 6.61. The Hall–Kier alpha value is -0.860. The summed E-state index contributed by atoms with van der Waals surface area (Å²) in [5.74, 6) is 1.55. The standard InChI is InChI=1S/C17H28N2/c1-12-5-7-16(8-6-12)17(15(4)18)19-10-13(2)9-14(3)11-19/h5-8,13-15,17H,9-11,18H2,1-4H3. The summed E-state index contributed by atoms with van der Waals surface area (Å²) in [4.78, 5) is 2.59. The van der Waals surface area contributed by atoms with Crippen LogP contribution in [0.3, 0.4) is 0 Å². The van der Waals surface area contributed by atoms with Gasteiger partial charge in [-0.05, 0) is 37.7 Å². The summed E-state index contributed by atoms with van der Waals surface area (Å²) in [5.41, 5.74) is 8.96. The molecule has 0 bridgehead atoms. The maximum absolute atomic E-state index is 6.29. The van der Waals surface area contributed by atoms with E-state index in [1.165, 1.54) is 30.6 Å². The Morgan fingerprint density at radius 1 is 1.11 bits per heavy atom. The first-order chi connectivity index (χ1) is 8.97. The number of aryl methyl sites for hydroxylation is 1. The Morgan fingerprint density at radius 2 is 1.63 bits per heavy atom. The van der Waals surface area contributed by atoms with Crippen LogP contribution in [-0.2, 0) is 0 Å². The van der Waals surface area contributed by atoms with Gasteiger partial charge in [0, 0.05) is 25.2 Å². The van der Waals surface area contributed by atoms with Crippen molar-refractivity contribution in [2.75, 3.05) is 13.1 Å². The summed E-state index contributed by atoms with van der Waals surface area (Å²) >= 11 is 0. The quantitative estimate of drug-likeness (QED) is 0.903. The highest BCUT2D eigenvalue weighted by atomic mass is 15.2. The second kappa shape index (κ2) is 6.06. The average Bonchev–Trinajstić information content (AvgIpc) is 2.30.